The SMILES string of the molecule is C#CCOc1c(Cl)cc(/C=C2\SC(=Nc3ccccc3)C(C(=O)OCC)=C2O)cc1OCC. The van der Waals surface area contributed by atoms with E-state index >= 15 is 0 Å². The molecule has 8 heteroatoms. The second-order valence-electron chi connectivity index (χ2n) is 6.56. The number of ether oxygens (including phenoxy) is 3. The van der Waals surface area contributed by atoms with Crippen LogP contribution in [0.25, 0.3) is 6.08 Å². The van der Waals surface area contributed by atoms with Gasteiger partial charge < -0.3 is 19.3 Å². The van der Waals surface area contributed by atoms with Gasteiger partial charge in [-0.3, -0.25) is 0 Å². The summed E-state index contributed by atoms with van der Waals surface area (Å²) in [6.45, 7) is 4.14. The molecule has 0 unspecified atom stereocenters. The number of halogens is 1. The van der Waals surface area contributed by atoms with Gasteiger partial charge in [0.05, 0.1) is 28.8 Å². The fourth-order valence-electron chi connectivity index (χ4n) is 2.95. The first kappa shape index (κ1) is 24.3. The standard InChI is InChI=1S/C25H22ClNO5S/c1-4-12-32-23-18(26)13-16(14-19(23)30-5-2)15-20-22(28)21(25(29)31-6-3)24(33-20)27-17-10-8-7-9-11-17/h1,7-11,13-15,28H,5-6,12H2,2-3H3/b20-15-,27-24?. The molecule has 0 amide bonds. The zero-order chi connectivity index (χ0) is 23.8. The number of para-hydroxylation sites is 1. The maximum absolute atomic E-state index is 12.6. The van der Waals surface area contributed by atoms with Crippen LogP contribution in [0.5, 0.6) is 11.5 Å². The highest BCUT2D eigenvalue weighted by Crippen LogP contribution is 2.42. The fraction of sp³-hybridized carbons (Fsp3) is 0.200. The summed E-state index contributed by atoms with van der Waals surface area (Å²) in [5.41, 5.74) is 1.30. The van der Waals surface area contributed by atoms with E-state index in [1.807, 2.05) is 25.1 Å². The lowest BCUT2D eigenvalue weighted by molar-refractivity contribution is -0.138. The van der Waals surface area contributed by atoms with Gasteiger partial charge in [-0.25, -0.2) is 9.79 Å². The van der Waals surface area contributed by atoms with E-state index < -0.39 is 5.97 Å². The minimum absolute atomic E-state index is 0.0158. The number of hydrogen-bond donors (Lipinski definition) is 1. The second-order valence-corrected chi connectivity index (χ2v) is 8.00. The number of nitrogens with zero attached hydrogens (tertiary/aromatic N) is 1. The summed E-state index contributed by atoms with van der Waals surface area (Å²) < 4.78 is 16.3. The molecule has 1 heterocycles. The third-order valence-electron chi connectivity index (χ3n) is 4.29. The summed E-state index contributed by atoms with van der Waals surface area (Å²) in [6.07, 6.45) is 6.97. The van der Waals surface area contributed by atoms with Gasteiger partial charge in [0, 0.05) is 0 Å². The third-order valence-corrected chi connectivity index (χ3v) is 5.59. The largest absolute Gasteiger partial charge is 0.506 e. The van der Waals surface area contributed by atoms with Gasteiger partial charge >= 0.3 is 5.97 Å². The number of aliphatic imine (C=N–C) groups is 1. The van der Waals surface area contributed by atoms with Gasteiger partial charge in [0.25, 0.3) is 0 Å². The van der Waals surface area contributed by atoms with Crippen LogP contribution in [0.4, 0.5) is 5.69 Å². The predicted octanol–water partition coefficient (Wildman–Crippen LogP) is 5.94. The number of aliphatic hydroxyl groups is 1. The Hall–Kier alpha value is -3.34. The molecule has 0 radical (unpaired) electrons. The molecular formula is C25H22ClNO5S. The van der Waals surface area contributed by atoms with E-state index in [0.717, 1.165) is 11.8 Å². The minimum atomic E-state index is -0.647. The Morgan fingerprint density at radius 1 is 1.21 bits per heavy atom. The maximum Gasteiger partial charge on any atom is 0.344 e. The van der Waals surface area contributed by atoms with Crippen LogP contribution in [-0.2, 0) is 9.53 Å². The molecule has 0 aliphatic carbocycles. The smallest absolute Gasteiger partial charge is 0.344 e. The van der Waals surface area contributed by atoms with E-state index in [1.54, 1.807) is 37.3 Å². The van der Waals surface area contributed by atoms with Gasteiger partial charge in [0.2, 0.25) is 0 Å². The number of rotatable bonds is 8. The van der Waals surface area contributed by atoms with Crippen LogP contribution in [0.2, 0.25) is 5.02 Å². The molecule has 2 aromatic carbocycles. The van der Waals surface area contributed by atoms with Crippen molar-refractivity contribution in [3.8, 4) is 23.8 Å². The summed E-state index contributed by atoms with van der Waals surface area (Å²) >= 11 is 7.56. The molecule has 170 valence electrons. The Kier molecular flexibility index (Phi) is 8.47. The lowest BCUT2D eigenvalue weighted by Gasteiger charge is -2.13. The molecule has 0 atom stereocenters. The topological polar surface area (TPSA) is 77.4 Å². The van der Waals surface area contributed by atoms with Crippen molar-refractivity contribution in [2.75, 3.05) is 19.8 Å². The van der Waals surface area contributed by atoms with Crippen LogP contribution in [0.15, 0.2) is 63.7 Å². The number of carbonyl (C=O) groups excluding carboxylic acids is 1. The van der Waals surface area contributed by atoms with Gasteiger partial charge in [0.1, 0.15) is 23.0 Å². The Labute approximate surface area is 201 Å². The van der Waals surface area contributed by atoms with Crippen LogP contribution in [0.3, 0.4) is 0 Å². The number of thioether (sulfide) groups is 1. The third kappa shape index (κ3) is 5.92. The molecule has 0 saturated heterocycles. The Morgan fingerprint density at radius 2 is 1.97 bits per heavy atom. The summed E-state index contributed by atoms with van der Waals surface area (Å²) in [5.74, 6) is 2.30. The van der Waals surface area contributed by atoms with Crippen LogP contribution >= 0.6 is 23.4 Å². The molecule has 2 aromatic rings. The fourth-order valence-corrected chi connectivity index (χ4v) is 4.26. The van der Waals surface area contributed by atoms with Crippen LogP contribution < -0.4 is 9.47 Å². The lowest BCUT2D eigenvalue weighted by Crippen LogP contribution is -2.12. The highest BCUT2D eigenvalue weighted by molar-refractivity contribution is 8.18. The Morgan fingerprint density at radius 3 is 2.64 bits per heavy atom. The zero-order valence-corrected chi connectivity index (χ0v) is 19.7. The second kappa shape index (κ2) is 11.5. The van der Waals surface area contributed by atoms with Crippen LogP contribution in [0, 0.1) is 12.3 Å². The van der Waals surface area contributed by atoms with E-state index in [1.165, 1.54) is 0 Å². The Balaban J connectivity index is 2.05. The molecule has 6 nitrogen and oxygen atoms in total. The van der Waals surface area contributed by atoms with E-state index in [9.17, 15) is 9.90 Å². The first-order chi connectivity index (χ1) is 16.0. The average molecular weight is 484 g/mol. The normalized spacial score (nSPS) is 15.6. The molecular weight excluding hydrogens is 462 g/mol. The number of benzene rings is 2. The minimum Gasteiger partial charge on any atom is -0.506 e. The van der Waals surface area contributed by atoms with Crippen molar-refractivity contribution in [1.82, 2.24) is 0 Å². The zero-order valence-electron chi connectivity index (χ0n) is 18.1. The predicted molar refractivity (Wildman–Crippen MR) is 132 cm³/mol. The van der Waals surface area contributed by atoms with Crippen LogP contribution in [-0.4, -0.2) is 35.9 Å². The molecule has 0 fully saturated rings. The van der Waals surface area contributed by atoms with Crippen molar-refractivity contribution < 1.29 is 24.1 Å². The van der Waals surface area contributed by atoms with Crippen molar-refractivity contribution in [1.29, 1.82) is 0 Å². The molecule has 0 saturated carbocycles. The molecule has 0 aromatic heterocycles. The first-order valence-corrected chi connectivity index (χ1v) is 11.3. The number of carbonyl (C=O) groups is 1. The summed E-state index contributed by atoms with van der Waals surface area (Å²) in [7, 11) is 0. The van der Waals surface area contributed by atoms with E-state index in [2.05, 4.69) is 10.9 Å². The van der Waals surface area contributed by atoms with E-state index in [-0.39, 0.29) is 24.5 Å². The average Bonchev–Trinajstić information content (AvgIpc) is 3.09. The van der Waals surface area contributed by atoms with Gasteiger partial charge in [0.15, 0.2) is 11.5 Å². The highest BCUT2D eigenvalue weighted by Gasteiger charge is 2.33. The summed E-state index contributed by atoms with van der Waals surface area (Å²) in [4.78, 5) is 17.5. The van der Waals surface area contributed by atoms with Gasteiger partial charge in [-0.1, -0.05) is 47.5 Å². The van der Waals surface area contributed by atoms with Gasteiger partial charge in [-0.05, 0) is 49.8 Å². The number of terminal acetylenes is 1. The molecule has 3 rings (SSSR count). The van der Waals surface area contributed by atoms with Gasteiger partial charge in [-0.2, -0.15) is 0 Å². The number of esters is 1. The highest BCUT2D eigenvalue weighted by atomic mass is 35.5. The first-order valence-electron chi connectivity index (χ1n) is 10.1. The van der Waals surface area contributed by atoms with E-state index in [0.29, 0.717) is 44.3 Å². The lowest BCUT2D eigenvalue weighted by atomic mass is 10.1. The molecule has 1 aliphatic heterocycles. The molecule has 0 spiro atoms. The van der Waals surface area contributed by atoms with E-state index in [4.69, 9.17) is 32.2 Å². The number of aliphatic hydroxyl groups excluding tert-OH is 1. The van der Waals surface area contributed by atoms with Crippen molar-refractivity contribution in [3.05, 3.63) is 69.3 Å². The summed E-state index contributed by atoms with van der Waals surface area (Å²) in [5, 5.41) is 11.5. The molecule has 33 heavy (non-hydrogen) atoms. The maximum atomic E-state index is 12.6. The number of hydrogen-bond acceptors (Lipinski definition) is 7. The summed E-state index contributed by atoms with van der Waals surface area (Å²) in [6, 6.07) is 12.5. The van der Waals surface area contributed by atoms with Crippen LogP contribution in [0.1, 0.15) is 19.4 Å². The van der Waals surface area contributed by atoms with Crippen molar-refractivity contribution in [2.24, 2.45) is 4.99 Å². The van der Waals surface area contributed by atoms with Crippen molar-refractivity contribution in [3.63, 3.8) is 0 Å². The quantitative estimate of drug-likeness (QED) is 0.369. The molecule has 0 bridgehead atoms. The molecule has 1 N–H and O–H groups in total. The molecule has 1 aliphatic rings. The van der Waals surface area contributed by atoms with Crippen molar-refractivity contribution in [2.45, 2.75) is 13.8 Å². The van der Waals surface area contributed by atoms with Gasteiger partial charge in [-0.15, -0.1) is 6.42 Å². The van der Waals surface area contributed by atoms with Crippen molar-refractivity contribution >= 4 is 46.1 Å². The Bertz CT molecular complexity index is 1170. The monoisotopic (exact) mass is 483 g/mol.